The van der Waals surface area contributed by atoms with Crippen molar-refractivity contribution in [2.75, 3.05) is 0 Å². The molecule has 11 nitrogen and oxygen atoms in total. The van der Waals surface area contributed by atoms with E-state index in [4.69, 9.17) is 6.57 Å². The average Bonchev–Trinajstić information content (AvgIpc) is 3.27. The van der Waals surface area contributed by atoms with Crippen LogP contribution in [0.3, 0.4) is 0 Å². The zero-order valence-corrected chi connectivity index (χ0v) is 12.4. The van der Waals surface area contributed by atoms with Crippen molar-refractivity contribution in [1.82, 2.24) is 39.6 Å². The van der Waals surface area contributed by atoms with Gasteiger partial charge in [-0.1, -0.05) is 0 Å². The molecule has 0 aromatic carbocycles. The summed E-state index contributed by atoms with van der Waals surface area (Å²) >= 11 is 0. The predicted molar refractivity (Wildman–Crippen MR) is 81.7 cm³/mol. The number of aromatic nitrogens is 8. The van der Waals surface area contributed by atoms with Crippen molar-refractivity contribution in [1.29, 1.82) is 0 Å². The average molecular weight is 319 g/mol. The molecule has 116 valence electrons. The van der Waals surface area contributed by atoms with Crippen molar-refractivity contribution in [2.45, 2.75) is 6.92 Å². The van der Waals surface area contributed by atoms with Crippen LogP contribution in [0.25, 0.3) is 16.3 Å². The molecule has 0 bridgehead atoms. The Hall–Kier alpha value is -3.94. The van der Waals surface area contributed by atoms with Crippen LogP contribution in [-0.4, -0.2) is 39.6 Å². The van der Waals surface area contributed by atoms with Gasteiger partial charge < -0.3 is 0 Å². The summed E-state index contributed by atoms with van der Waals surface area (Å²) in [5.41, 5.74) is 1.29. The van der Waals surface area contributed by atoms with Crippen LogP contribution < -0.4 is 0 Å². The summed E-state index contributed by atoms with van der Waals surface area (Å²) in [7, 11) is 0. The van der Waals surface area contributed by atoms with Crippen LogP contribution in [0.5, 0.6) is 0 Å². The largest absolute Gasteiger partial charge is 0.263 e. The summed E-state index contributed by atoms with van der Waals surface area (Å²) in [5, 5.41) is 19.5. The highest BCUT2D eigenvalue weighted by atomic mass is 15.5. The molecule has 4 rings (SSSR count). The molecular formula is C13H9N11. The Bertz CT molecular complexity index is 1080. The van der Waals surface area contributed by atoms with Crippen molar-refractivity contribution in [2.24, 2.45) is 10.2 Å². The van der Waals surface area contributed by atoms with Gasteiger partial charge in [0.2, 0.25) is 5.65 Å². The maximum absolute atomic E-state index is 7.25. The summed E-state index contributed by atoms with van der Waals surface area (Å²) in [6.45, 7) is 9.07. The number of azo groups is 1. The van der Waals surface area contributed by atoms with Crippen LogP contribution in [0, 0.1) is 13.5 Å². The number of fused-ring (bicyclic) bond motifs is 1. The van der Waals surface area contributed by atoms with Gasteiger partial charge in [0, 0.05) is 12.3 Å². The van der Waals surface area contributed by atoms with E-state index in [1.165, 1.54) is 28.0 Å². The first kappa shape index (κ1) is 13.7. The minimum Gasteiger partial charge on any atom is -0.263 e. The second-order valence-electron chi connectivity index (χ2n) is 4.72. The Morgan fingerprint density at radius 3 is 2.96 bits per heavy atom. The van der Waals surface area contributed by atoms with Crippen LogP contribution in [0.1, 0.15) is 5.82 Å². The molecule has 11 heteroatoms. The lowest BCUT2D eigenvalue weighted by atomic mass is 10.5. The normalized spacial score (nSPS) is 11.3. The molecule has 0 saturated carbocycles. The van der Waals surface area contributed by atoms with Gasteiger partial charge in [-0.15, -0.1) is 10.2 Å². The van der Waals surface area contributed by atoms with Crippen LogP contribution in [-0.2, 0) is 0 Å². The minimum atomic E-state index is 0.263. The molecule has 0 unspecified atom stereocenters. The van der Waals surface area contributed by atoms with Crippen molar-refractivity contribution in [3.63, 3.8) is 0 Å². The fraction of sp³-hybridized carbons (Fsp3) is 0.0769. The fourth-order valence-corrected chi connectivity index (χ4v) is 2.11. The Kier molecular flexibility index (Phi) is 3.06. The zero-order valence-electron chi connectivity index (χ0n) is 12.4. The van der Waals surface area contributed by atoms with E-state index in [9.17, 15) is 0 Å². The smallest absolute Gasteiger partial charge is 0.252 e. The van der Waals surface area contributed by atoms with Crippen molar-refractivity contribution in [3.8, 4) is 5.82 Å². The van der Waals surface area contributed by atoms with Gasteiger partial charge in [0.05, 0.1) is 19.0 Å². The maximum Gasteiger partial charge on any atom is 0.252 e. The quantitative estimate of drug-likeness (QED) is 0.459. The molecule has 0 radical (unpaired) electrons. The van der Waals surface area contributed by atoms with Crippen LogP contribution in [0.15, 0.2) is 41.2 Å². The molecule has 1 N–H and O–H groups in total. The molecule has 0 spiro atoms. The lowest BCUT2D eigenvalue weighted by molar-refractivity contribution is 0.806. The van der Waals surface area contributed by atoms with Crippen LogP contribution in [0.2, 0.25) is 0 Å². The summed E-state index contributed by atoms with van der Waals surface area (Å²) in [5.74, 6) is 1.47. The summed E-state index contributed by atoms with van der Waals surface area (Å²) in [4.78, 5) is 15.7. The van der Waals surface area contributed by atoms with Gasteiger partial charge in [0.1, 0.15) is 12.2 Å². The number of hydrogen-bond donors (Lipinski definition) is 1. The molecule has 0 fully saturated rings. The second kappa shape index (κ2) is 5.36. The second-order valence-corrected chi connectivity index (χ2v) is 4.72. The first-order valence-electron chi connectivity index (χ1n) is 6.80. The van der Waals surface area contributed by atoms with Gasteiger partial charge in [-0.3, -0.25) is 5.10 Å². The van der Waals surface area contributed by atoms with E-state index in [0.717, 1.165) is 0 Å². The summed E-state index contributed by atoms with van der Waals surface area (Å²) < 4.78 is 2.93. The monoisotopic (exact) mass is 319 g/mol. The van der Waals surface area contributed by atoms with Gasteiger partial charge in [-0.25, -0.2) is 24.5 Å². The van der Waals surface area contributed by atoms with Crippen molar-refractivity contribution >= 4 is 22.8 Å². The van der Waals surface area contributed by atoms with Gasteiger partial charge in [0.15, 0.2) is 17.3 Å². The Labute approximate surface area is 134 Å². The number of nitrogens with zero attached hydrogens (tertiary/aromatic N) is 10. The molecule has 0 aliphatic heterocycles. The number of hydrogen-bond acceptors (Lipinski definition) is 7. The predicted octanol–water partition coefficient (Wildman–Crippen LogP) is 2.31. The molecule has 0 amide bonds. The van der Waals surface area contributed by atoms with E-state index in [1.54, 1.807) is 12.3 Å². The number of aryl methyl sites for hydroxylation is 1. The highest BCUT2D eigenvalue weighted by Crippen LogP contribution is 2.31. The topological polar surface area (TPSA) is 119 Å². The first-order valence-corrected chi connectivity index (χ1v) is 6.80. The zero-order chi connectivity index (χ0) is 16.5. The summed E-state index contributed by atoms with van der Waals surface area (Å²) in [6, 6.07) is 1.66. The van der Waals surface area contributed by atoms with Crippen molar-refractivity contribution in [3.05, 3.63) is 48.2 Å². The molecular weight excluding hydrogens is 310 g/mol. The fourth-order valence-electron chi connectivity index (χ4n) is 2.11. The van der Waals surface area contributed by atoms with E-state index in [2.05, 4.69) is 45.3 Å². The number of rotatable bonds is 3. The lowest BCUT2D eigenvalue weighted by Gasteiger charge is -2.01. The third kappa shape index (κ3) is 2.18. The molecule has 0 aliphatic carbocycles. The molecule has 4 aromatic rings. The highest BCUT2D eigenvalue weighted by molar-refractivity contribution is 5.65. The molecule has 4 aromatic heterocycles. The highest BCUT2D eigenvalue weighted by Gasteiger charge is 2.14. The molecule has 24 heavy (non-hydrogen) atoms. The summed E-state index contributed by atoms with van der Waals surface area (Å²) in [6.07, 6.45) is 5.92. The third-order valence-corrected chi connectivity index (χ3v) is 3.15. The Morgan fingerprint density at radius 1 is 1.25 bits per heavy atom. The third-order valence-electron chi connectivity index (χ3n) is 3.15. The SMILES string of the molecule is [C-]#[N+]c1cnn(-c2ccncn2)c1N=Nc1cnn2[nH]c(C)nc12. The van der Waals surface area contributed by atoms with Gasteiger partial charge in [-0.05, 0) is 6.92 Å². The van der Waals surface area contributed by atoms with Crippen LogP contribution in [0.4, 0.5) is 17.2 Å². The minimum absolute atomic E-state index is 0.263. The standard InChI is InChI=1S/C13H9N11/c1-8-19-12-10(6-18-24(12)22-8)20-21-13-9(14-2)5-17-23(13)11-3-4-15-7-16-11/h3-7H,1H3,(H,19,22). The Morgan fingerprint density at radius 2 is 2.17 bits per heavy atom. The van der Waals surface area contributed by atoms with Gasteiger partial charge in [-0.2, -0.15) is 14.8 Å². The van der Waals surface area contributed by atoms with E-state index < -0.39 is 0 Å². The van der Waals surface area contributed by atoms with E-state index >= 15 is 0 Å². The molecule has 0 saturated heterocycles. The molecule has 0 aliphatic rings. The van der Waals surface area contributed by atoms with Crippen molar-refractivity contribution < 1.29 is 0 Å². The van der Waals surface area contributed by atoms with E-state index in [1.807, 2.05) is 6.92 Å². The number of nitrogens with one attached hydrogen (secondary N) is 1. The van der Waals surface area contributed by atoms with Crippen LogP contribution >= 0.6 is 0 Å². The number of aromatic amines is 1. The first-order chi connectivity index (χ1) is 11.8. The van der Waals surface area contributed by atoms with E-state index in [0.29, 0.717) is 23.0 Å². The maximum atomic E-state index is 7.25. The van der Waals surface area contributed by atoms with Gasteiger partial charge in [0.25, 0.3) is 5.69 Å². The molecule has 0 atom stereocenters. The Balaban J connectivity index is 1.79. The number of H-pyrrole nitrogens is 1. The van der Waals surface area contributed by atoms with E-state index in [-0.39, 0.29) is 11.5 Å². The van der Waals surface area contributed by atoms with Gasteiger partial charge >= 0.3 is 0 Å². The lowest BCUT2D eigenvalue weighted by Crippen LogP contribution is -1.98. The molecule has 4 heterocycles.